The molecule has 1 aliphatic heterocycles. The fourth-order valence-electron chi connectivity index (χ4n) is 5.77. The molecule has 42 heavy (non-hydrogen) atoms. The van der Waals surface area contributed by atoms with Crippen molar-refractivity contribution < 1.29 is 18.9 Å². The fourth-order valence-corrected chi connectivity index (χ4v) is 5.77. The van der Waals surface area contributed by atoms with Crippen molar-refractivity contribution in [3.8, 4) is 17.2 Å². The minimum atomic E-state index is 0.251. The smallest absolute Gasteiger partial charge is 0.127 e. The number of rotatable bonds is 10. The van der Waals surface area contributed by atoms with Gasteiger partial charge in [0.1, 0.15) is 35.7 Å². The Bertz CT molecular complexity index is 1810. The Kier molecular flexibility index (Phi) is 6.57. The van der Waals surface area contributed by atoms with Crippen LogP contribution < -0.4 is 14.2 Å². The number of hydrogen-bond acceptors (Lipinski definition) is 4. The third-order valence-electron chi connectivity index (χ3n) is 8.50. The molecule has 2 aliphatic carbocycles. The van der Waals surface area contributed by atoms with Gasteiger partial charge in [-0.25, -0.2) is 0 Å². The van der Waals surface area contributed by atoms with E-state index in [4.69, 9.17) is 18.9 Å². The number of hydrogen-bond donors (Lipinski definition) is 0. The second-order valence-electron chi connectivity index (χ2n) is 12.0. The van der Waals surface area contributed by atoms with Crippen LogP contribution in [0.25, 0.3) is 27.6 Å². The molecule has 0 spiro atoms. The van der Waals surface area contributed by atoms with Crippen LogP contribution in [-0.4, -0.2) is 25.9 Å². The largest absolute Gasteiger partial charge is 0.493 e. The quantitative estimate of drug-likeness (QED) is 0.162. The van der Waals surface area contributed by atoms with E-state index in [0.717, 1.165) is 61.4 Å². The van der Waals surface area contributed by atoms with Crippen molar-refractivity contribution in [3.05, 3.63) is 119 Å². The summed E-state index contributed by atoms with van der Waals surface area (Å²) < 4.78 is 23.6. The molecule has 1 unspecified atom stereocenters. The summed E-state index contributed by atoms with van der Waals surface area (Å²) in [4.78, 5) is 0. The molecule has 210 valence electrons. The lowest BCUT2D eigenvalue weighted by Crippen LogP contribution is -2.07. The highest BCUT2D eigenvalue weighted by Crippen LogP contribution is 2.32. The van der Waals surface area contributed by atoms with Gasteiger partial charge in [-0.15, -0.1) is 0 Å². The van der Waals surface area contributed by atoms with Crippen LogP contribution in [0.15, 0.2) is 96.8 Å². The van der Waals surface area contributed by atoms with Crippen LogP contribution in [0, 0.1) is 5.92 Å². The van der Waals surface area contributed by atoms with E-state index < -0.39 is 0 Å². The minimum absolute atomic E-state index is 0.251. The molecule has 0 N–H and O–H groups in total. The predicted octanol–water partition coefficient (Wildman–Crippen LogP) is 8.52. The Hall–Kier alpha value is -4.28. The first-order chi connectivity index (χ1) is 20.7. The van der Waals surface area contributed by atoms with Gasteiger partial charge in [-0.05, 0) is 118 Å². The summed E-state index contributed by atoms with van der Waals surface area (Å²) in [6.07, 6.45) is 7.74. The molecule has 8 rings (SSSR count). The van der Waals surface area contributed by atoms with E-state index in [1.165, 1.54) is 56.6 Å². The summed E-state index contributed by atoms with van der Waals surface area (Å²) in [6.45, 7) is 2.25. The standard InChI is InChI=1S/C38H34O4/c1-2-25(1)22-39-34-11-7-28-5-3-26(16-31(28)18-34)15-27-4-6-29-9-13-36(20-32(29)17-27)42-37-14-10-30-8-12-35(19-33(30)21-37)40-23-38-24-41-38/h3-9,11-13,16-21,25,38H,1-2,10,14-15,22-24H2. The normalized spacial score (nSPS) is 17.5. The predicted molar refractivity (Wildman–Crippen MR) is 168 cm³/mol. The molecule has 1 saturated carbocycles. The summed E-state index contributed by atoms with van der Waals surface area (Å²) in [7, 11) is 0. The molecule has 0 aromatic heterocycles. The average molecular weight is 555 g/mol. The van der Waals surface area contributed by atoms with Gasteiger partial charge in [-0.2, -0.15) is 0 Å². The van der Waals surface area contributed by atoms with Gasteiger partial charge in [0.2, 0.25) is 0 Å². The van der Waals surface area contributed by atoms with Crippen molar-refractivity contribution in [2.24, 2.45) is 5.92 Å². The third kappa shape index (κ3) is 5.86. The van der Waals surface area contributed by atoms with Crippen LogP contribution in [0.2, 0.25) is 0 Å². The first-order valence-electron chi connectivity index (χ1n) is 15.1. The molecule has 0 radical (unpaired) electrons. The van der Waals surface area contributed by atoms with E-state index in [0.29, 0.717) is 6.61 Å². The van der Waals surface area contributed by atoms with Gasteiger partial charge in [0.15, 0.2) is 0 Å². The van der Waals surface area contributed by atoms with E-state index in [1.54, 1.807) is 0 Å². The molecule has 4 heteroatoms. The van der Waals surface area contributed by atoms with Crippen molar-refractivity contribution in [3.63, 3.8) is 0 Å². The zero-order chi connectivity index (χ0) is 27.9. The monoisotopic (exact) mass is 554 g/mol. The zero-order valence-corrected chi connectivity index (χ0v) is 23.7. The molecule has 1 atom stereocenters. The first kappa shape index (κ1) is 25.4. The van der Waals surface area contributed by atoms with Gasteiger partial charge >= 0.3 is 0 Å². The van der Waals surface area contributed by atoms with Gasteiger partial charge in [0.25, 0.3) is 0 Å². The number of ether oxygens (including phenoxy) is 4. The van der Waals surface area contributed by atoms with E-state index in [2.05, 4.69) is 97.1 Å². The molecule has 5 aromatic rings. The molecule has 5 aromatic carbocycles. The molecule has 1 saturated heterocycles. The molecule has 1 heterocycles. The zero-order valence-electron chi connectivity index (χ0n) is 23.7. The lowest BCUT2D eigenvalue weighted by Gasteiger charge is -2.18. The van der Waals surface area contributed by atoms with Crippen molar-refractivity contribution in [1.82, 2.24) is 0 Å². The van der Waals surface area contributed by atoms with E-state index in [9.17, 15) is 0 Å². The highest BCUT2D eigenvalue weighted by Gasteiger charge is 2.23. The topological polar surface area (TPSA) is 40.2 Å². The first-order valence-corrected chi connectivity index (χ1v) is 15.1. The fraction of sp³-hybridized carbons (Fsp3) is 0.263. The molecule has 3 aliphatic rings. The Morgan fingerprint density at radius 2 is 1.26 bits per heavy atom. The van der Waals surface area contributed by atoms with Gasteiger partial charge < -0.3 is 18.9 Å². The van der Waals surface area contributed by atoms with Crippen LogP contribution in [0.5, 0.6) is 17.2 Å². The van der Waals surface area contributed by atoms with Crippen molar-refractivity contribution >= 4 is 27.6 Å². The van der Waals surface area contributed by atoms with Crippen molar-refractivity contribution in [2.45, 2.75) is 38.2 Å². The summed E-state index contributed by atoms with van der Waals surface area (Å²) in [5, 5.41) is 4.88. The van der Waals surface area contributed by atoms with Crippen LogP contribution in [0.3, 0.4) is 0 Å². The van der Waals surface area contributed by atoms with Crippen LogP contribution in [0.4, 0.5) is 0 Å². The summed E-state index contributed by atoms with van der Waals surface area (Å²) in [5.74, 6) is 4.46. The Labute approximate surface area is 246 Å². The highest BCUT2D eigenvalue weighted by atomic mass is 16.6. The molecular weight excluding hydrogens is 520 g/mol. The van der Waals surface area contributed by atoms with Crippen LogP contribution in [-0.2, 0) is 17.6 Å². The van der Waals surface area contributed by atoms with E-state index in [-0.39, 0.29) is 6.10 Å². The highest BCUT2D eigenvalue weighted by molar-refractivity contribution is 5.86. The Morgan fingerprint density at radius 3 is 2.00 bits per heavy atom. The number of aryl methyl sites for hydroxylation is 1. The number of epoxide rings is 1. The second-order valence-corrected chi connectivity index (χ2v) is 12.0. The molecule has 2 fully saturated rings. The van der Waals surface area contributed by atoms with E-state index in [1.807, 2.05) is 0 Å². The maximum Gasteiger partial charge on any atom is 0.127 e. The maximum absolute atomic E-state index is 6.41. The van der Waals surface area contributed by atoms with Crippen molar-refractivity contribution in [1.29, 1.82) is 0 Å². The number of fused-ring (bicyclic) bond motifs is 3. The Morgan fingerprint density at radius 1 is 0.619 bits per heavy atom. The number of benzene rings is 5. The lowest BCUT2D eigenvalue weighted by atomic mass is 9.96. The molecule has 4 nitrogen and oxygen atoms in total. The van der Waals surface area contributed by atoms with Gasteiger partial charge in [-0.1, -0.05) is 54.6 Å². The molecule has 0 amide bonds. The van der Waals surface area contributed by atoms with Gasteiger partial charge in [-0.3, -0.25) is 0 Å². The van der Waals surface area contributed by atoms with Crippen LogP contribution in [0.1, 0.15) is 41.5 Å². The Balaban J connectivity index is 0.984. The van der Waals surface area contributed by atoms with Gasteiger partial charge in [0, 0.05) is 6.42 Å². The van der Waals surface area contributed by atoms with Crippen LogP contribution >= 0.6 is 0 Å². The summed E-state index contributed by atoms with van der Waals surface area (Å²) >= 11 is 0. The third-order valence-corrected chi connectivity index (χ3v) is 8.50. The van der Waals surface area contributed by atoms with E-state index >= 15 is 0 Å². The number of allylic oxidation sites excluding steroid dienone is 1. The average Bonchev–Trinajstić information content (AvgIpc) is 3.94. The maximum atomic E-state index is 6.41. The van der Waals surface area contributed by atoms with Crippen molar-refractivity contribution in [2.75, 3.05) is 19.8 Å². The second kappa shape index (κ2) is 10.8. The molecule has 0 bridgehead atoms. The SMILES string of the molecule is C1=C(Oc2ccc3ccc(Cc4ccc5ccc(OCC6CC6)cc5c4)cc3c2)CCc2ccc(OCC3CO3)cc21. The minimum Gasteiger partial charge on any atom is -0.493 e. The lowest BCUT2D eigenvalue weighted by molar-refractivity contribution is 0.263. The summed E-state index contributed by atoms with van der Waals surface area (Å²) in [6, 6.07) is 32.6. The van der Waals surface area contributed by atoms with Gasteiger partial charge in [0.05, 0.1) is 13.2 Å². The summed E-state index contributed by atoms with van der Waals surface area (Å²) in [5.41, 5.74) is 5.09. The molecular formula is C38H34O4.